The summed E-state index contributed by atoms with van der Waals surface area (Å²) in [6.07, 6.45) is 2.96. The first-order chi connectivity index (χ1) is 10.7. The van der Waals surface area contributed by atoms with Gasteiger partial charge in [-0.05, 0) is 31.2 Å². The zero-order valence-electron chi connectivity index (χ0n) is 12.9. The number of amides is 1. The number of aryl methyl sites for hydroxylation is 1. The van der Waals surface area contributed by atoms with E-state index in [1.807, 2.05) is 18.2 Å². The van der Waals surface area contributed by atoms with Crippen LogP contribution in [0.4, 0.5) is 0 Å². The second-order valence-electron chi connectivity index (χ2n) is 5.52. The molecule has 2 atom stereocenters. The molecule has 1 aliphatic heterocycles. The smallest absolute Gasteiger partial charge is 0.328 e. The van der Waals surface area contributed by atoms with Crippen LogP contribution in [-0.4, -0.2) is 38.2 Å². The number of hydrogen-bond acceptors (Lipinski definition) is 4. The molecule has 1 saturated heterocycles. The van der Waals surface area contributed by atoms with Crippen LogP contribution in [-0.2, 0) is 25.5 Å². The number of benzene rings is 1. The summed E-state index contributed by atoms with van der Waals surface area (Å²) in [5.41, 5.74) is 1.22. The highest BCUT2D eigenvalue weighted by molar-refractivity contribution is 5.85. The molecule has 22 heavy (non-hydrogen) atoms. The fraction of sp³-hybridized carbons (Fsp3) is 0.529. The molecule has 5 nitrogen and oxygen atoms in total. The lowest BCUT2D eigenvalue weighted by Crippen LogP contribution is -2.44. The lowest BCUT2D eigenvalue weighted by molar-refractivity contribution is -0.145. The Morgan fingerprint density at radius 1 is 1.36 bits per heavy atom. The summed E-state index contributed by atoms with van der Waals surface area (Å²) in [6, 6.07) is 9.50. The van der Waals surface area contributed by atoms with Crippen molar-refractivity contribution in [3.63, 3.8) is 0 Å². The zero-order valence-corrected chi connectivity index (χ0v) is 12.9. The molecule has 5 heteroatoms. The maximum Gasteiger partial charge on any atom is 0.328 e. The normalized spacial score (nSPS) is 18.7. The molecule has 1 aromatic rings. The van der Waals surface area contributed by atoms with Gasteiger partial charge in [0.25, 0.3) is 0 Å². The molecule has 1 aromatic carbocycles. The van der Waals surface area contributed by atoms with Crippen LogP contribution in [0.15, 0.2) is 30.3 Å². The summed E-state index contributed by atoms with van der Waals surface area (Å²) in [4.78, 5) is 23.9. The van der Waals surface area contributed by atoms with Crippen molar-refractivity contribution in [2.24, 2.45) is 5.92 Å². The van der Waals surface area contributed by atoms with Crippen molar-refractivity contribution in [1.29, 1.82) is 0 Å². The van der Waals surface area contributed by atoms with Gasteiger partial charge >= 0.3 is 5.97 Å². The highest BCUT2D eigenvalue weighted by atomic mass is 16.5. The molecule has 1 heterocycles. The molecule has 0 spiro atoms. The van der Waals surface area contributed by atoms with Crippen LogP contribution in [0.1, 0.15) is 24.8 Å². The highest BCUT2D eigenvalue weighted by Gasteiger charge is 2.28. The Kier molecular flexibility index (Phi) is 6.40. The summed E-state index contributed by atoms with van der Waals surface area (Å²) in [7, 11) is 1.34. The Balaban J connectivity index is 1.83. The molecule has 0 aliphatic carbocycles. The van der Waals surface area contributed by atoms with Gasteiger partial charge in [-0.3, -0.25) is 4.79 Å². The molecule has 1 amide bonds. The van der Waals surface area contributed by atoms with E-state index in [1.54, 1.807) is 0 Å². The number of carbonyl (C=O) groups excluding carboxylic acids is 2. The van der Waals surface area contributed by atoms with Crippen LogP contribution in [0.3, 0.4) is 0 Å². The Bertz CT molecular complexity index is 483. The molecular weight excluding hydrogens is 282 g/mol. The third-order valence-electron chi connectivity index (χ3n) is 3.90. The van der Waals surface area contributed by atoms with E-state index in [0.29, 0.717) is 26.1 Å². The first-order valence-electron chi connectivity index (χ1n) is 7.70. The minimum atomic E-state index is -0.582. The molecule has 2 rings (SSSR count). The van der Waals surface area contributed by atoms with E-state index in [9.17, 15) is 9.59 Å². The number of esters is 1. The molecule has 1 fully saturated rings. The van der Waals surface area contributed by atoms with Crippen LogP contribution >= 0.6 is 0 Å². The maximum absolute atomic E-state index is 12.1. The summed E-state index contributed by atoms with van der Waals surface area (Å²) in [5, 5.41) is 2.80. The van der Waals surface area contributed by atoms with Gasteiger partial charge in [0.05, 0.1) is 19.6 Å². The summed E-state index contributed by atoms with van der Waals surface area (Å²) < 4.78 is 10.0. The Morgan fingerprint density at radius 3 is 2.77 bits per heavy atom. The number of carbonyl (C=O) groups is 2. The molecule has 0 radical (unpaired) electrons. The van der Waals surface area contributed by atoms with E-state index in [-0.39, 0.29) is 17.8 Å². The van der Waals surface area contributed by atoms with Crippen molar-refractivity contribution in [2.45, 2.75) is 31.7 Å². The van der Waals surface area contributed by atoms with Crippen molar-refractivity contribution in [1.82, 2.24) is 5.32 Å². The Labute approximate surface area is 131 Å². The number of ether oxygens (including phenoxy) is 2. The number of nitrogens with one attached hydrogen (secondary N) is 1. The van der Waals surface area contributed by atoms with Gasteiger partial charge in [-0.1, -0.05) is 30.3 Å². The largest absolute Gasteiger partial charge is 0.467 e. The van der Waals surface area contributed by atoms with E-state index in [2.05, 4.69) is 17.4 Å². The van der Waals surface area contributed by atoms with Crippen molar-refractivity contribution < 1.29 is 19.1 Å². The number of rotatable bonds is 7. The number of methoxy groups -OCH3 is 1. The van der Waals surface area contributed by atoms with Crippen LogP contribution in [0, 0.1) is 5.92 Å². The van der Waals surface area contributed by atoms with E-state index in [1.165, 1.54) is 12.7 Å². The molecule has 0 bridgehead atoms. The fourth-order valence-electron chi connectivity index (χ4n) is 2.58. The van der Waals surface area contributed by atoms with Crippen LogP contribution in [0.25, 0.3) is 0 Å². The second kappa shape index (κ2) is 8.54. The van der Waals surface area contributed by atoms with Crippen molar-refractivity contribution in [3.05, 3.63) is 35.9 Å². The van der Waals surface area contributed by atoms with Crippen LogP contribution in [0.5, 0.6) is 0 Å². The third kappa shape index (κ3) is 4.84. The van der Waals surface area contributed by atoms with Gasteiger partial charge in [0.2, 0.25) is 5.91 Å². The molecule has 120 valence electrons. The van der Waals surface area contributed by atoms with E-state index < -0.39 is 6.04 Å². The molecule has 0 aromatic heterocycles. The van der Waals surface area contributed by atoms with Gasteiger partial charge in [0.15, 0.2) is 0 Å². The Hall–Kier alpha value is -1.88. The Morgan fingerprint density at radius 2 is 2.14 bits per heavy atom. The van der Waals surface area contributed by atoms with E-state index in [4.69, 9.17) is 9.47 Å². The minimum Gasteiger partial charge on any atom is -0.467 e. The first-order valence-corrected chi connectivity index (χ1v) is 7.70. The van der Waals surface area contributed by atoms with Gasteiger partial charge in [0.1, 0.15) is 6.04 Å². The summed E-state index contributed by atoms with van der Waals surface area (Å²) in [6.45, 7) is 1.04. The molecular formula is C17H23NO4. The topological polar surface area (TPSA) is 64.6 Å². The summed E-state index contributed by atoms with van der Waals surface area (Å²) >= 11 is 0. The highest BCUT2D eigenvalue weighted by Crippen LogP contribution is 2.14. The maximum atomic E-state index is 12.1. The molecule has 1 N–H and O–H groups in total. The molecule has 1 aliphatic rings. The van der Waals surface area contributed by atoms with Gasteiger partial charge < -0.3 is 14.8 Å². The quantitative estimate of drug-likeness (QED) is 0.779. The predicted octanol–water partition coefficient (Wildman–Crippen LogP) is 1.70. The van der Waals surface area contributed by atoms with Gasteiger partial charge in [-0.2, -0.15) is 0 Å². The SMILES string of the molecule is COC(=O)[C@H](CCCc1ccccc1)NC(=O)[C@H]1CCOC1. The average molecular weight is 305 g/mol. The molecule has 0 unspecified atom stereocenters. The van der Waals surface area contributed by atoms with Crippen molar-refractivity contribution in [3.8, 4) is 0 Å². The van der Waals surface area contributed by atoms with E-state index in [0.717, 1.165) is 12.8 Å². The monoisotopic (exact) mass is 305 g/mol. The van der Waals surface area contributed by atoms with Crippen LogP contribution < -0.4 is 5.32 Å². The second-order valence-corrected chi connectivity index (χ2v) is 5.52. The lowest BCUT2D eigenvalue weighted by Gasteiger charge is -2.18. The third-order valence-corrected chi connectivity index (χ3v) is 3.90. The van der Waals surface area contributed by atoms with Crippen LogP contribution in [0.2, 0.25) is 0 Å². The minimum absolute atomic E-state index is 0.118. The standard InChI is InChI=1S/C17H23NO4/c1-21-17(20)15(18-16(19)14-10-11-22-12-14)9-5-8-13-6-3-2-4-7-13/h2-4,6-7,14-15H,5,8-12H2,1H3,(H,18,19)/t14-,15-/m0/s1. The van der Waals surface area contributed by atoms with Gasteiger partial charge in [-0.15, -0.1) is 0 Å². The average Bonchev–Trinajstić information content (AvgIpc) is 3.08. The van der Waals surface area contributed by atoms with Gasteiger partial charge in [0, 0.05) is 6.61 Å². The van der Waals surface area contributed by atoms with E-state index >= 15 is 0 Å². The lowest BCUT2D eigenvalue weighted by atomic mass is 10.0. The first kappa shape index (κ1) is 16.5. The number of hydrogen-bond donors (Lipinski definition) is 1. The predicted molar refractivity (Wildman–Crippen MR) is 82.3 cm³/mol. The van der Waals surface area contributed by atoms with Crippen molar-refractivity contribution in [2.75, 3.05) is 20.3 Å². The van der Waals surface area contributed by atoms with Crippen molar-refractivity contribution >= 4 is 11.9 Å². The van der Waals surface area contributed by atoms with Gasteiger partial charge in [-0.25, -0.2) is 4.79 Å². The fourth-order valence-corrected chi connectivity index (χ4v) is 2.58. The summed E-state index contributed by atoms with van der Waals surface area (Å²) in [5.74, 6) is -0.658. The zero-order chi connectivity index (χ0) is 15.8. The molecule has 0 saturated carbocycles.